The topological polar surface area (TPSA) is 55.0 Å². The summed E-state index contributed by atoms with van der Waals surface area (Å²) in [5.74, 6) is 1.19. The second-order valence-corrected chi connectivity index (χ2v) is 4.08. The van der Waals surface area contributed by atoms with E-state index in [2.05, 4.69) is 27.0 Å². The van der Waals surface area contributed by atoms with Gasteiger partial charge in [-0.1, -0.05) is 30.3 Å². The van der Waals surface area contributed by atoms with E-state index in [9.17, 15) is 0 Å². The first kappa shape index (κ1) is 11.4. The molecule has 1 heterocycles. The minimum Gasteiger partial charge on any atom is -0.368 e. The van der Waals surface area contributed by atoms with Crippen LogP contribution < -0.4 is 10.6 Å². The lowest BCUT2D eigenvalue weighted by Gasteiger charge is -2.20. The number of aromatic nitrogens is 2. The lowest BCUT2D eigenvalue weighted by atomic mass is 10.2. The SMILES string of the molecule is Cc1cnc(N)nc1N(C)Cc1ccccc1. The largest absolute Gasteiger partial charge is 0.368 e. The van der Waals surface area contributed by atoms with Gasteiger partial charge < -0.3 is 10.6 Å². The van der Waals surface area contributed by atoms with Crippen LogP contribution in [0.25, 0.3) is 0 Å². The third kappa shape index (κ3) is 2.72. The lowest BCUT2D eigenvalue weighted by molar-refractivity contribution is 0.885. The summed E-state index contributed by atoms with van der Waals surface area (Å²) >= 11 is 0. The number of aryl methyl sites for hydroxylation is 1. The number of benzene rings is 1. The molecule has 0 spiro atoms. The Morgan fingerprint density at radius 3 is 2.65 bits per heavy atom. The van der Waals surface area contributed by atoms with Crippen molar-refractivity contribution in [2.45, 2.75) is 13.5 Å². The van der Waals surface area contributed by atoms with Gasteiger partial charge >= 0.3 is 0 Å². The maximum atomic E-state index is 5.61. The van der Waals surface area contributed by atoms with Gasteiger partial charge in [0.1, 0.15) is 5.82 Å². The molecule has 0 radical (unpaired) electrons. The molecule has 0 aliphatic rings. The van der Waals surface area contributed by atoms with Crippen LogP contribution in [0.1, 0.15) is 11.1 Å². The number of nitrogens with two attached hydrogens (primary N) is 1. The van der Waals surface area contributed by atoms with Gasteiger partial charge in [-0.05, 0) is 12.5 Å². The quantitative estimate of drug-likeness (QED) is 0.873. The van der Waals surface area contributed by atoms with Crippen LogP contribution in [0.4, 0.5) is 11.8 Å². The van der Waals surface area contributed by atoms with Crippen LogP contribution >= 0.6 is 0 Å². The van der Waals surface area contributed by atoms with Crippen LogP contribution in [0.3, 0.4) is 0 Å². The van der Waals surface area contributed by atoms with Gasteiger partial charge in [0.25, 0.3) is 0 Å². The molecule has 1 aromatic heterocycles. The zero-order valence-electron chi connectivity index (χ0n) is 10.1. The Labute approximate surface area is 101 Å². The van der Waals surface area contributed by atoms with Gasteiger partial charge in [-0.25, -0.2) is 4.98 Å². The average Bonchev–Trinajstić information content (AvgIpc) is 2.33. The third-order valence-corrected chi connectivity index (χ3v) is 2.59. The second kappa shape index (κ2) is 4.82. The van der Waals surface area contributed by atoms with E-state index in [-0.39, 0.29) is 0 Å². The lowest BCUT2D eigenvalue weighted by Crippen LogP contribution is -2.19. The van der Waals surface area contributed by atoms with Crippen molar-refractivity contribution in [3.8, 4) is 0 Å². The molecule has 0 aliphatic carbocycles. The van der Waals surface area contributed by atoms with Crippen molar-refractivity contribution < 1.29 is 0 Å². The molecular weight excluding hydrogens is 212 g/mol. The van der Waals surface area contributed by atoms with E-state index in [0.717, 1.165) is 17.9 Å². The molecule has 4 nitrogen and oxygen atoms in total. The third-order valence-electron chi connectivity index (χ3n) is 2.59. The highest BCUT2D eigenvalue weighted by Gasteiger charge is 2.07. The number of rotatable bonds is 3. The van der Waals surface area contributed by atoms with Gasteiger partial charge in [0.15, 0.2) is 0 Å². The molecule has 0 saturated heterocycles. The van der Waals surface area contributed by atoms with Crippen LogP contribution in [-0.2, 0) is 6.54 Å². The maximum absolute atomic E-state index is 5.61. The Hall–Kier alpha value is -2.10. The Bertz CT molecular complexity index is 496. The van der Waals surface area contributed by atoms with Gasteiger partial charge in [-0.15, -0.1) is 0 Å². The highest BCUT2D eigenvalue weighted by Crippen LogP contribution is 2.17. The summed E-state index contributed by atoms with van der Waals surface area (Å²) < 4.78 is 0. The summed E-state index contributed by atoms with van der Waals surface area (Å²) in [6, 6.07) is 10.3. The molecule has 0 bridgehead atoms. The second-order valence-electron chi connectivity index (χ2n) is 4.08. The van der Waals surface area contributed by atoms with Gasteiger partial charge in [0, 0.05) is 25.4 Å². The van der Waals surface area contributed by atoms with Gasteiger partial charge in [-0.2, -0.15) is 4.98 Å². The molecule has 2 aromatic rings. The number of hydrogen-bond acceptors (Lipinski definition) is 4. The summed E-state index contributed by atoms with van der Waals surface area (Å²) in [5, 5.41) is 0. The first-order valence-corrected chi connectivity index (χ1v) is 5.51. The molecular formula is C13H16N4. The van der Waals surface area contributed by atoms with Crippen molar-refractivity contribution in [1.82, 2.24) is 9.97 Å². The van der Waals surface area contributed by atoms with E-state index >= 15 is 0 Å². The molecule has 0 fully saturated rings. The zero-order valence-corrected chi connectivity index (χ0v) is 10.1. The number of nitrogen functional groups attached to an aromatic ring is 1. The summed E-state index contributed by atoms with van der Waals surface area (Å²) in [5.41, 5.74) is 7.88. The molecule has 1 aromatic carbocycles. The molecule has 0 unspecified atom stereocenters. The molecule has 2 rings (SSSR count). The van der Waals surface area contributed by atoms with Crippen LogP contribution in [0.15, 0.2) is 36.5 Å². The number of hydrogen-bond donors (Lipinski definition) is 1. The molecule has 2 N–H and O–H groups in total. The molecule has 88 valence electrons. The smallest absolute Gasteiger partial charge is 0.221 e. The van der Waals surface area contributed by atoms with Crippen LogP contribution in [0.2, 0.25) is 0 Å². The fourth-order valence-electron chi connectivity index (χ4n) is 1.76. The summed E-state index contributed by atoms with van der Waals surface area (Å²) in [7, 11) is 2.00. The highest BCUT2D eigenvalue weighted by molar-refractivity contribution is 5.47. The van der Waals surface area contributed by atoms with Gasteiger partial charge in [-0.3, -0.25) is 0 Å². The van der Waals surface area contributed by atoms with Crippen molar-refractivity contribution in [2.75, 3.05) is 17.7 Å². The normalized spacial score (nSPS) is 10.2. The van der Waals surface area contributed by atoms with Crippen molar-refractivity contribution in [3.05, 3.63) is 47.7 Å². The standard InChI is InChI=1S/C13H16N4/c1-10-8-15-13(14)16-12(10)17(2)9-11-6-4-3-5-7-11/h3-8H,9H2,1-2H3,(H2,14,15,16). The monoisotopic (exact) mass is 228 g/mol. The van der Waals surface area contributed by atoms with E-state index in [1.807, 2.05) is 32.2 Å². The molecule has 17 heavy (non-hydrogen) atoms. The highest BCUT2D eigenvalue weighted by atomic mass is 15.2. The van der Waals surface area contributed by atoms with E-state index < -0.39 is 0 Å². The van der Waals surface area contributed by atoms with Crippen molar-refractivity contribution in [3.63, 3.8) is 0 Å². The predicted molar refractivity (Wildman–Crippen MR) is 69.7 cm³/mol. The summed E-state index contributed by atoms with van der Waals surface area (Å²) in [4.78, 5) is 10.3. The van der Waals surface area contributed by atoms with Gasteiger partial charge in [0.05, 0.1) is 0 Å². The number of nitrogens with zero attached hydrogens (tertiary/aromatic N) is 3. The van der Waals surface area contributed by atoms with Crippen LogP contribution in [-0.4, -0.2) is 17.0 Å². The maximum Gasteiger partial charge on any atom is 0.221 e. The van der Waals surface area contributed by atoms with Gasteiger partial charge in [0.2, 0.25) is 5.95 Å². The Morgan fingerprint density at radius 1 is 1.24 bits per heavy atom. The Kier molecular flexibility index (Phi) is 3.23. The molecule has 0 atom stereocenters. The van der Waals surface area contributed by atoms with E-state index in [1.54, 1.807) is 6.20 Å². The van der Waals surface area contributed by atoms with Crippen LogP contribution in [0, 0.1) is 6.92 Å². The minimum absolute atomic E-state index is 0.311. The predicted octanol–water partition coefficient (Wildman–Crippen LogP) is 2.00. The first-order valence-electron chi connectivity index (χ1n) is 5.51. The molecule has 0 aliphatic heterocycles. The zero-order chi connectivity index (χ0) is 12.3. The summed E-state index contributed by atoms with van der Waals surface area (Å²) in [6.45, 7) is 2.79. The summed E-state index contributed by atoms with van der Waals surface area (Å²) in [6.07, 6.45) is 1.75. The Morgan fingerprint density at radius 2 is 1.94 bits per heavy atom. The first-order chi connectivity index (χ1) is 8.16. The minimum atomic E-state index is 0.311. The number of anilines is 2. The molecule has 0 amide bonds. The fourth-order valence-corrected chi connectivity index (χ4v) is 1.76. The molecule has 0 saturated carbocycles. The van der Waals surface area contributed by atoms with Crippen molar-refractivity contribution in [2.24, 2.45) is 0 Å². The van der Waals surface area contributed by atoms with Crippen LogP contribution in [0.5, 0.6) is 0 Å². The molecule has 4 heteroatoms. The Balaban J connectivity index is 2.20. The van der Waals surface area contributed by atoms with E-state index in [4.69, 9.17) is 5.73 Å². The van der Waals surface area contributed by atoms with Crippen molar-refractivity contribution in [1.29, 1.82) is 0 Å². The fraction of sp³-hybridized carbons (Fsp3) is 0.231. The van der Waals surface area contributed by atoms with E-state index in [0.29, 0.717) is 5.95 Å². The van der Waals surface area contributed by atoms with Crippen molar-refractivity contribution >= 4 is 11.8 Å². The van der Waals surface area contributed by atoms with E-state index in [1.165, 1.54) is 5.56 Å². The average molecular weight is 228 g/mol.